The maximum absolute atomic E-state index is 8.79. The van der Waals surface area contributed by atoms with Gasteiger partial charge in [0.25, 0.3) is 0 Å². The SMILES string of the molecule is COc1ncc(C#N)c(N=CN(C)C)n1. The zero-order valence-corrected chi connectivity index (χ0v) is 8.80. The molecule has 0 N–H and O–H groups in total. The van der Waals surface area contributed by atoms with Gasteiger partial charge in [0.05, 0.1) is 19.6 Å². The van der Waals surface area contributed by atoms with E-state index in [0.717, 1.165) is 0 Å². The minimum absolute atomic E-state index is 0.194. The second-order valence-electron chi connectivity index (χ2n) is 2.91. The van der Waals surface area contributed by atoms with Crippen molar-refractivity contribution in [2.75, 3.05) is 21.2 Å². The summed E-state index contributed by atoms with van der Waals surface area (Å²) in [6, 6.07) is 2.15. The van der Waals surface area contributed by atoms with Gasteiger partial charge in [-0.25, -0.2) is 9.98 Å². The molecule has 0 aliphatic carbocycles. The highest BCUT2D eigenvalue weighted by Crippen LogP contribution is 2.16. The van der Waals surface area contributed by atoms with Crippen molar-refractivity contribution in [1.82, 2.24) is 14.9 Å². The maximum Gasteiger partial charge on any atom is 0.318 e. The molecule has 0 bridgehead atoms. The quantitative estimate of drug-likeness (QED) is 0.533. The topological polar surface area (TPSA) is 74.4 Å². The van der Waals surface area contributed by atoms with Crippen molar-refractivity contribution in [2.45, 2.75) is 0 Å². The Morgan fingerprint density at radius 3 is 2.87 bits per heavy atom. The van der Waals surface area contributed by atoms with E-state index in [4.69, 9.17) is 10.00 Å². The molecule has 1 aromatic heterocycles. The predicted molar refractivity (Wildman–Crippen MR) is 55.1 cm³/mol. The third-order valence-electron chi connectivity index (χ3n) is 1.46. The number of hydrogen-bond acceptors (Lipinski definition) is 5. The lowest BCUT2D eigenvalue weighted by atomic mass is 10.3. The third kappa shape index (κ3) is 2.91. The van der Waals surface area contributed by atoms with Crippen LogP contribution in [0.5, 0.6) is 6.01 Å². The van der Waals surface area contributed by atoms with E-state index in [2.05, 4.69) is 15.0 Å². The summed E-state index contributed by atoms with van der Waals surface area (Å²) in [5.41, 5.74) is 0.314. The van der Waals surface area contributed by atoms with Crippen molar-refractivity contribution in [3.05, 3.63) is 11.8 Å². The Bertz CT molecular complexity index is 407. The van der Waals surface area contributed by atoms with E-state index in [-0.39, 0.29) is 6.01 Å². The van der Waals surface area contributed by atoms with Crippen LogP contribution in [-0.2, 0) is 0 Å². The molecule has 0 amide bonds. The Morgan fingerprint density at radius 2 is 2.33 bits per heavy atom. The second-order valence-corrected chi connectivity index (χ2v) is 2.91. The fourth-order valence-corrected chi connectivity index (χ4v) is 0.803. The molecule has 1 heterocycles. The highest BCUT2D eigenvalue weighted by atomic mass is 16.5. The van der Waals surface area contributed by atoms with E-state index in [1.54, 1.807) is 11.2 Å². The van der Waals surface area contributed by atoms with Gasteiger partial charge in [-0.05, 0) is 0 Å². The van der Waals surface area contributed by atoms with Gasteiger partial charge in [0, 0.05) is 14.1 Å². The first-order valence-electron chi connectivity index (χ1n) is 4.19. The highest BCUT2D eigenvalue weighted by molar-refractivity contribution is 5.62. The number of hydrogen-bond donors (Lipinski definition) is 0. The van der Waals surface area contributed by atoms with E-state index in [9.17, 15) is 0 Å². The third-order valence-corrected chi connectivity index (χ3v) is 1.46. The standard InChI is InChI=1S/C9H11N5O/c1-14(2)6-12-8-7(4-10)5-11-9(13-8)15-3/h5-6H,1-3H3. The minimum atomic E-state index is 0.194. The second kappa shape index (κ2) is 4.91. The van der Waals surface area contributed by atoms with E-state index in [0.29, 0.717) is 11.4 Å². The molecule has 15 heavy (non-hydrogen) atoms. The molecule has 0 aliphatic heterocycles. The molecule has 1 aromatic rings. The van der Waals surface area contributed by atoms with Crippen molar-refractivity contribution in [3.8, 4) is 12.1 Å². The summed E-state index contributed by atoms with van der Waals surface area (Å²) in [6.07, 6.45) is 2.94. The first-order chi connectivity index (χ1) is 7.17. The average Bonchev–Trinajstić information content (AvgIpc) is 2.25. The van der Waals surface area contributed by atoms with Crippen LogP contribution in [0.25, 0.3) is 0 Å². The number of aromatic nitrogens is 2. The first kappa shape index (κ1) is 10.9. The monoisotopic (exact) mass is 205 g/mol. The van der Waals surface area contributed by atoms with Gasteiger partial charge in [0.1, 0.15) is 11.6 Å². The number of ether oxygens (including phenoxy) is 1. The average molecular weight is 205 g/mol. The van der Waals surface area contributed by atoms with E-state index in [1.807, 2.05) is 20.2 Å². The van der Waals surface area contributed by atoms with Gasteiger partial charge >= 0.3 is 6.01 Å². The van der Waals surface area contributed by atoms with Crippen LogP contribution in [0, 0.1) is 11.3 Å². The maximum atomic E-state index is 8.79. The molecule has 78 valence electrons. The lowest BCUT2D eigenvalue weighted by Crippen LogP contribution is -2.07. The van der Waals surface area contributed by atoms with E-state index < -0.39 is 0 Å². The van der Waals surface area contributed by atoms with Crippen LogP contribution in [-0.4, -0.2) is 42.4 Å². The molecule has 0 spiro atoms. The smallest absolute Gasteiger partial charge is 0.318 e. The minimum Gasteiger partial charge on any atom is -0.467 e. The van der Waals surface area contributed by atoms with Gasteiger partial charge in [-0.1, -0.05) is 0 Å². The molecule has 0 aromatic carbocycles. The molecule has 6 nitrogen and oxygen atoms in total. The first-order valence-corrected chi connectivity index (χ1v) is 4.19. The van der Waals surface area contributed by atoms with Gasteiger partial charge in [0.2, 0.25) is 0 Å². The number of nitriles is 1. The molecule has 0 radical (unpaired) electrons. The molecule has 1 rings (SSSR count). The van der Waals surface area contributed by atoms with Crippen molar-refractivity contribution in [3.63, 3.8) is 0 Å². The lowest BCUT2D eigenvalue weighted by Gasteiger charge is -2.03. The summed E-state index contributed by atoms with van der Waals surface area (Å²) in [6.45, 7) is 0. The molecular weight excluding hydrogens is 194 g/mol. The largest absolute Gasteiger partial charge is 0.467 e. The zero-order valence-electron chi connectivity index (χ0n) is 8.80. The summed E-state index contributed by atoms with van der Waals surface area (Å²) in [5.74, 6) is 0.304. The fraction of sp³-hybridized carbons (Fsp3) is 0.333. The molecule has 6 heteroatoms. The Balaban J connectivity index is 3.08. The van der Waals surface area contributed by atoms with Crippen LogP contribution in [0.4, 0.5) is 5.82 Å². The van der Waals surface area contributed by atoms with Crippen molar-refractivity contribution in [1.29, 1.82) is 5.26 Å². The zero-order chi connectivity index (χ0) is 11.3. The Kier molecular flexibility index (Phi) is 3.57. The molecule has 0 atom stereocenters. The van der Waals surface area contributed by atoms with Crippen LogP contribution in [0.3, 0.4) is 0 Å². The molecular formula is C9H11N5O. The summed E-state index contributed by atoms with van der Waals surface area (Å²) in [5, 5.41) is 8.79. The summed E-state index contributed by atoms with van der Waals surface area (Å²) < 4.78 is 4.84. The Morgan fingerprint density at radius 1 is 1.60 bits per heavy atom. The highest BCUT2D eigenvalue weighted by Gasteiger charge is 2.05. The molecule has 0 saturated heterocycles. The molecule has 0 fully saturated rings. The Labute approximate surface area is 87.9 Å². The number of aliphatic imine (C=N–C) groups is 1. The van der Waals surface area contributed by atoms with Crippen LogP contribution >= 0.6 is 0 Å². The van der Waals surface area contributed by atoms with Gasteiger partial charge < -0.3 is 9.64 Å². The normalized spacial score (nSPS) is 10.0. The Hall–Kier alpha value is -2.16. The number of methoxy groups -OCH3 is 1. The van der Waals surface area contributed by atoms with Gasteiger partial charge in [-0.15, -0.1) is 0 Å². The van der Waals surface area contributed by atoms with Crippen LogP contribution in [0.15, 0.2) is 11.2 Å². The van der Waals surface area contributed by atoms with Crippen LogP contribution < -0.4 is 4.74 Å². The van der Waals surface area contributed by atoms with E-state index >= 15 is 0 Å². The molecule has 0 aliphatic rings. The van der Waals surface area contributed by atoms with E-state index in [1.165, 1.54) is 13.3 Å². The van der Waals surface area contributed by atoms with Crippen molar-refractivity contribution < 1.29 is 4.74 Å². The summed E-state index contributed by atoms with van der Waals surface area (Å²) in [7, 11) is 5.11. The predicted octanol–water partition coefficient (Wildman–Crippen LogP) is 0.578. The van der Waals surface area contributed by atoms with Gasteiger partial charge in [0.15, 0.2) is 5.82 Å². The number of nitrogens with zero attached hydrogens (tertiary/aromatic N) is 5. The molecule has 0 unspecified atom stereocenters. The van der Waals surface area contributed by atoms with Crippen LogP contribution in [0.1, 0.15) is 5.56 Å². The number of rotatable bonds is 3. The van der Waals surface area contributed by atoms with Gasteiger partial charge in [-0.3, -0.25) is 0 Å². The lowest BCUT2D eigenvalue weighted by molar-refractivity contribution is 0.380. The summed E-state index contributed by atoms with van der Waals surface area (Å²) in [4.78, 5) is 13.5. The van der Waals surface area contributed by atoms with Crippen LogP contribution in [0.2, 0.25) is 0 Å². The van der Waals surface area contributed by atoms with Crippen molar-refractivity contribution in [2.24, 2.45) is 4.99 Å². The van der Waals surface area contributed by atoms with Crippen molar-refractivity contribution >= 4 is 12.2 Å². The molecule has 0 saturated carbocycles. The van der Waals surface area contributed by atoms with Gasteiger partial charge in [-0.2, -0.15) is 10.2 Å². The fourth-order valence-electron chi connectivity index (χ4n) is 0.803. The summed E-state index contributed by atoms with van der Waals surface area (Å²) >= 11 is 0.